The number of carbonyl (C=O) groups is 2. The number of aliphatic hydroxyl groups excluding tert-OH is 3. The van der Waals surface area contributed by atoms with Gasteiger partial charge in [0, 0.05) is 30.1 Å². The van der Waals surface area contributed by atoms with Gasteiger partial charge in [0.1, 0.15) is 12.2 Å². The first-order valence-corrected chi connectivity index (χ1v) is 14.5. The van der Waals surface area contributed by atoms with Crippen LogP contribution in [0.1, 0.15) is 48.3 Å². The summed E-state index contributed by atoms with van der Waals surface area (Å²) in [7, 11) is 1.48. The van der Waals surface area contributed by atoms with E-state index in [0.717, 1.165) is 31.2 Å². The number of benzene rings is 2. The number of carbonyl (C=O) groups excluding carboxylic acids is 2. The molecule has 0 saturated heterocycles. The highest BCUT2D eigenvalue weighted by Gasteiger charge is 2.52. The summed E-state index contributed by atoms with van der Waals surface area (Å²) >= 11 is 12.4. The maximum Gasteiger partial charge on any atom is 0.247 e. The highest BCUT2D eigenvalue weighted by atomic mass is 35.5. The summed E-state index contributed by atoms with van der Waals surface area (Å²) in [5.74, 6) is -0.704. The van der Waals surface area contributed by atoms with E-state index < -0.39 is 30.1 Å². The number of amides is 2. The van der Waals surface area contributed by atoms with E-state index in [-0.39, 0.29) is 38.1 Å². The predicted molar refractivity (Wildman–Crippen MR) is 153 cm³/mol. The van der Waals surface area contributed by atoms with Gasteiger partial charge in [0.25, 0.3) is 0 Å². The summed E-state index contributed by atoms with van der Waals surface area (Å²) in [6, 6.07) is 7.62. The van der Waals surface area contributed by atoms with Gasteiger partial charge in [-0.05, 0) is 54.3 Å². The van der Waals surface area contributed by atoms with E-state index in [4.69, 9.17) is 32.7 Å². The van der Waals surface area contributed by atoms with E-state index in [1.807, 2.05) is 0 Å². The van der Waals surface area contributed by atoms with Crippen molar-refractivity contribution >= 4 is 35.0 Å². The quantitative estimate of drug-likeness (QED) is 0.345. The Labute approximate surface area is 248 Å². The van der Waals surface area contributed by atoms with Gasteiger partial charge in [0.05, 0.1) is 42.3 Å². The monoisotopic (exact) mass is 604 g/mol. The number of nitrogens with zero attached hydrogens (tertiary/aromatic N) is 1. The van der Waals surface area contributed by atoms with Crippen LogP contribution >= 0.6 is 23.2 Å². The molecule has 2 aromatic rings. The highest BCUT2D eigenvalue weighted by Crippen LogP contribution is 2.51. The summed E-state index contributed by atoms with van der Waals surface area (Å²) in [4.78, 5) is 29.1. The molecule has 9 nitrogen and oxygen atoms in total. The minimum atomic E-state index is -1.20. The zero-order valence-corrected chi connectivity index (χ0v) is 24.2. The topological polar surface area (TPSA) is 129 Å². The second-order valence-electron chi connectivity index (χ2n) is 10.7. The lowest BCUT2D eigenvalue weighted by Crippen LogP contribution is -2.56. The predicted octanol–water partition coefficient (Wildman–Crippen LogP) is 3.34. The van der Waals surface area contributed by atoms with Crippen LogP contribution in [0.2, 0.25) is 10.0 Å². The van der Waals surface area contributed by atoms with E-state index in [9.17, 15) is 24.9 Å². The lowest BCUT2D eigenvalue weighted by molar-refractivity contribution is -0.142. The maximum atomic E-state index is 14.0. The van der Waals surface area contributed by atoms with Gasteiger partial charge >= 0.3 is 0 Å². The number of nitrogens with one attached hydrogen (secondary N) is 1. The first-order chi connectivity index (χ1) is 19.8. The number of methoxy groups -OCH3 is 1. The number of halogens is 2. The van der Waals surface area contributed by atoms with E-state index >= 15 is 0 Å². The number of hydrogen-bond donors (Lipinski definition) is 4. The molecule has 0 unspecified atom stereocenters. The van der Waals surface area contributed by atoms with Gasteiger partial charge in [-0.25, -0.2) is 0 Å². The van der Waals surface area contributed by atoms with Crippen molar-refractivity contribution in [2.24, 2.45) is 5.92 Å². The molecule has 2 aromatic carbocycles. The Morgan fingerprint density at radius 3 is 2.51 bits per heavy atom. The fourth-order valence-corrected chi connectivity index (χ4v) is 6.51. The molecule has 1 saturated carbocycles. The Balaban J connectivity index is 1.60. The normalized spacial score (nSPS) is 23.3. The van der Waals surface area contributed by atoms with Gasteiger partial charge in [0.2, 0.25) is 11.8 Å². The molecule has 1 heterocycles. The van der Waals surface area contributed by atoms with E-state index in [2.05, 4.69) is 5.32 Å². The molecule has 4 atom stereocenters. The van der Waals surface area contributed by atoms with Gasteiger partial charge in [-0.2, -0.15) is 0 Å². The molecule has 0 bridgehead atoms. The second kappa shape index (κ2) is 12.6. The van der Waals surface area contributed by atoms with Crippen LogP contribution in [-0.2, 0) is 22.7 Å². The van der Waals surface area contributed by atoms with Crippen molar-refractivity contribution in [2.45, 2.75) is 63.0 Å². The fraction of sp³-hybridized carbons (Fsp3) is 0.467. The molecule has 1 aliphatic heterocycles. The van der Waals surface area contributed by atoms with Crippen LogP contribution in [0.15, 0.2) is 42.0 Å². The van der Waals surface area contributed by atoms with Crippen LogP contribution in [0.3, 0.4) is 0 Å². The Hall–Kier alpha value is -2.82. The van der Waals surface area contributed by atoms with Gasteiger partial charge in [-0.3, -0.25) is 9.59 Å². The molecule has 2 amide bonds. The number of aliphatic hydroxyl groups is 3. The van der Waals surface area contributed by atoms with Crippen LogP contribution in [0.4, 0.5) is 0 Å². The zero-order valence-electron chi connectivity index (χ0n) is 22.7. The SMILES string of the molecule is COc1cc(CO)cc2c1O[C@@H]1[C@@H](O)[C@H](N(Cc3ccc(Cl)c(Cl)c3)C(=O)C3CCCC3)C=C(C(=O)NCCO)[C@H]21. The molecule has 4 N–H and O–H groups in total. The summed E-state index contributed by atoms with van der Waals surface area (Å²) in [6.07, 6.45) is 2.93. The minimum Gasteiger partial charge on any atom is -0.493 e. The average Bonchev–Trinajstić information content (AvgIpc) is 3.65. The van der Waals surface area contributed by atoms with E-state index in [0.29, 0.717) is 38.2 Å². The van der Waals surface area contributed by atoms with Crippen molar-refractivity contribution in [1.29, 1.82) is 0 Å². The van der Waals surface area contributed by atoms with E-state index in [1.54, 1.807) is 41.3 Å². The van der Waals surface area contributed by atoms with Gasteiger partial charge in [-0.1, -0.05) is 42.1 Å². The smallest absolute Gasteiger partial charge is 0.247 e. The second-order valence-corrected chi connectivity index (χ2v) is 11.5. The van der Waals surface area contributed by atoms with Gasteiger partial charge in [0.15, 0.2) is 11.5 Å². The van der Waals surface area contributed by atoms with Crippen LogP contribution in [0.25, 0.3) is 0 Å². The Bertz CT molecular complexity index is 1340. The van der Waals surface area contributed by atoms with Gasteiger partial charge in [-0.15, -0.1) is 0 Å². The summed E-state index contributed by atoms with van der Waals surface area (Å²) in [6.45, 7) is -0.339. The third kappa shape index (κ3) is 5.79. The molecule has 2 aliphatic carbocycles. The molecular formula is C30H34Cl2N2O7. The van der Waals surface area contributed by atoms with Crippen molar-refractivity contribution in [3.05, 3.63) is 68.7 Å². The summed E-state index contributed by atoms with van der Waals surface area (Å²) < 4.78 is 11.8. The number of ether oxygens (including phenoxy) is 2. The van der Waals surface area contributed by atoms with Crippen LogP contribution < -0.4 is 14.8 Å². The van der Waals surface area contributed by atoms with Crippen molar-refractivity contribution in [3.8, 4) is 11.5 Å². The van der Waals surface area contributed by atoms with E-state index in [1.165, 1.54) is 7.11 Å². The van der Waals surface area contributed by atoms with Gasteiger partial charge < -0.3 is 35.0 Å². The highest BCUT2D eigenvalue weighted by molar-refractivity contribution is 6.42. The Kier molecular flexibility index (Phi) is 9.11. The number of rotatable bonds is 9. The molecule has 11 heteroatoms. The van der Waals surface area contributed by atoms with Crippen molar-refractivity contribution in [2.75, 3.05) is 20.3 Å². The molecule has 41 heavy (non-hydrogen) atoms. The number of hydrogen-bond acceptors (Lipinski definition) is 7. The summed E-state index contributed by atoms with van der Waals surface area (Å²) in [5.41, 5.74) is 2.19. The molecule has 5 rings (SSSR count). The maximum absolute atomic E-state index is 14.0. The average molecular weight is 606 g/mol. The largest absolute Gasteiger partial charge is 0.493 e. The lowest BCUT2D eigenvalue weighted by atomic mass is 9.77. The van der Waals surface area contributed by atoms with Crippen molar-refractivity contribution in [3.63, 3.8) is 0 Å². The molecule has 3 aliphatic rings. The fourth-order valence-electron chi connectivity index (χ4n) is 6.19. The summed E-state index contributed by atoms with van der Waals surface area (Å²) in [5, 5.41) is 34.5. The van der Waals surface area contributed by atoms with Crippen LogP contribution in [0.5, 0.6) is 11.5 Å². The Morgan fingerprint density at radius 1 is 1.10 bits per heavy atom. The van der Waals surface area contributed by atoms with Crippen molar-refractivity contribution < 1.29 is 34.4 Å². The molecule has 0 spiro atoms. The van der Waals surface area contributed by atoms with Crippen LogP contribution in [0, 0.1) is 5.92 Å². The molecule has 0 radical (unpaired) electrons. The molecule has 1 fully saturated rings. The molecule has 0 aromatic heterocycles. The third-order valence-electron chi connectivity index (χ3n) is 8.18. The third-order valence-corrected chi connectivity index (χ3v) is 8.92. The van der Waals surface area contributed by atoms with Crippen LogP contribution in [-0.4, -0.2) is 70.5 Å². The lowest BCUT2D eigenvalue weighted by Gasteiger charge is -2.41. The molecule has 220 valence electrons. The van der Waals surface area contributed by atoms with Crippen molar-refractivity contribution in [1.82, 2.24) is 10.2 Å². The zero-order chi connectivity index (χ0) is 29.3. The number of fused-ring (bicyclic) bond motifs is 3. The first-order valence-electron chi connectivity index (χ1n) is 13.8. The molecular weight excluding hydrogens is 571 g/mol. The first kappa shape index (κ1) is 29.7. The standard InChI is InChI=1S/C30H34Cl2N2O7/c1-40-24-12-17(15-36)10-19-25-20(29(38)33-8-9-35)13-23(26(37)28(25)41-27(19)24)34(30(39)18-4-2-3-5-18)14-16-6-7-21(31)22(32)11-16/h6-7,10-13,18,23,25-26,28,35-37H,2-5,8-9,14-15H2,1H3,(H,33,38)/t23-,25+,26+,28+/m1/s1. The minimum absolute atomic E-state index is 0.0302. The Morgan fingerprint density at radius 2 is 1.85 bits per heavy atom.